The van der Waals surface area contributed by atoms with Crippen molar-refractivity contribution in [1.29, 1.82) is 0 Å². The highest BCUT2D eigenvalue weighted by Gasteiger charge is 2.16. The molecule has 2 N–H and O–H groups in total. The fourth-order valence-corrected chi connectivity index (χ4v) is 1.83. The third-order valence-corrected chi connectivity index (χ3v) is 3.12. The molecular weight excluding hydrogens is 438 g/mol. The van der Waals surface area contributed by atoms with Crippen LogP contribution in [0.5, 0.6) is 18.0 Å². The molecule has 180 valence electrons. The van der Waals surface area contributed by atoms with E-state index in [1.54, 1.807) is 27.7 Å². The quantitative estimate of drug-likeness (QED) is 0.482. The highest BCUT2D eigenvalue weighted by molar-refractivity contribution is 5.85. The molecule has 2 rings (SSSR count). The molecule has 1 aliphatic rings. The van der Waals surface area contributed by atoms with Gasteiger partial charge in [-0.05, 0) is 34.1 Å². The van der Waals surface area contributed by atoms with Gasteiger partial charge in [-0.2, -0.15) is 0 Å². The van der Waals surface area contributed by atoms with Gasteiger partial charge in [-0.15, -0.1) is 15.0 Å². The Labute approximate surface area is 190 Å². The molecule has 0 spiro atoms. The van der Waals surface area contributed by atoms with E-state index in [1.165, 1.54) is 12.2 Å². The third-order valence-electron chi connectivity index (χ3n) is 3.12. The zero-order chi connectivity index (χ0) is 24.8. The lowest BCUT2D eigenvalue weighted by Crippen LogP contribution is -2.15. The minimum absolute atomic E-state index is 0.167. The summed E-state index contributed by atoms with van der Waals surface area (Å²) < 4.78 is 19.9. The predicted molar refractivity (Wildman–Crippen MR) is 113 cm³/mol. The van der Waals surface area contributed by atoms with Crippen molar-refractivity contribution in [2.45, 2.75) is 58.8 Å². The first kappa shape index (κ1) is 27.4. The van der Waals surface area contributed by atoms with Crippen LogP contribution in [-0.4, -0.2) is 61.4 Å². The number of fused-ring (bicyclic) bond motifs is 2. The molecule has 2 bridgehead atoms. The lowest BCUT2D eigenvalue weighted by Gasteiger charge is -2.09. The molecule has 0 aromatic carbocycles. The second-order valence-corrected chi connectivity index (χ2v) is 6.91. The maximum atomic E-state index is 11.9. The molecule has 2 atom stereocenters. The number of nitrogens with zero attached hydrogens (tertiary/aromatic N) is 3. The second-order valence-electron chi connectivity index (χ2n) is 6.91. The van der Waals surface area contributed by atoms with Crippen LogP contribution in [0.25, 0.3) is 0 Å². The van der Waals surface area contributed by atoms with Gasteiger partial charge in [0.05, 0.1) is 24.5 Å². The molecule has 0 radical (unpaired) electrons. The largest absolute Gasteiger partial charge is 0.498 e. The first-order chi connectivity index (χ1) is 15.5. The summed E-state index contributed by atoms with van der Waals surface area (Å²) in [6.07, 6.45) is 6.77. The third kappa shape index (κ3) is 13.4. The lowest BCUT2D eigenvalue weighted by molar-refractivity contribution is -0.129. The summed E-state index contributed by atoms with van der Waals surface area (Å²) in [5.41, 5.74) is 0. The van der Waals surface area contributed by atoms with E-state index in [4.69, 9.17) is 29.2 Å². The average Bonchev–Trinajstić information content (AvgIpc) is 2.66. The zero-order valence-electron chi connectivity index (χ0n) is 18.7. The highest BCUT2D eigenvalue weighted by Crippen LogP contribution is 2.16. The predicted octanol–water partition coefficient (Wildman–Crippen LogP) is 1.18. The Kier molecular flexibility index (Phi) is 12.0. The summed E-state index contributed by atoms with van der Waals surface area (Å²) in [6.45, 7) is 6.73. The van der Waals surface area contributed by atoms with Gasteiger partial charge < -0.3 is 29.2 Å². The van der Waals surface area contributed by atoms with E-state index < -0.39 is 42.0 Å². The van der Waals surface area contributed by atoms with E-state index in [1.807, 2.05) is 0 Å². The summed E-state index contributed by atoms with van der Waals surface area (Å²) in [5.74, 6) is -2.53. The minimum atomic E-state index is -0.873. The Morgan fingerprint density at radius 3 is 2.27 bits per heavy atom. The Balaban J connectivity index is 0.00000125. The highest BCUT2D eigenvalue weighted by atomic mass is 16.6. The van der Waals surface area contributed by atoms with Gasteiger partial charge in [0.15, 0.2) is 0 Å². The van der Waals surface area contributed by atoms with E-state index in [0.717, 1.165) is 24.5 Å². The molecule has 2 heterocycles. The first-order valence-corrected chi connectivity index (χ1v) is 9.97. The van der Waals surface area contributed by atoms with Crippen molar-refractivity contribution >= 4 is 17.9 Å². The molecule has 0 aliphatic carbocycles. The van der Waals surface area contributed by atoms with Crippen molar-refractivity contribution in [2.24, 2.45) is 0 Å². The normalized spacial score (nSPS) is 17.2. The lowest BCUT2D eigenvalue weighted by atomic mass is 10.2. The van der Waals surface area contributed by atoms with Crippen LogP contribution in [0.1, 0.15) is 40.5 Å². The zero-order valence-corrected chi connectivity index (χ0v) is 18.7. The van der Waals surface area contributed by atoms with E-state index in [2.05, 4.69) is 15.0 Å². The molecule has 0 saturated carbocycles. The summed E-state index contributed by atoms with van der Waals surface area (Å²) in [5, 5.41) is 17.2. The van der Waals surface area contributed by atoms with Crippen molar-refractivity contribution in [3.8, 4) is 18.0 Å². The Hall–Kier alpha value is -3.64. The topological polar surface area (TPSA) is 167 Å². The summed E-state index contributed by atoms with van der Waals surface area (Å²) in [6, 6.07) is -1.64. The van der Waals surface area contributed by atoms with Crippen LogP contribution in [0.2, 0.25) is 0 Å². The Bertz CT molecular complexity index is 844. The van der Waals surface area contributed by atoms with Crippen molar-refractivity contribution in [3.63, 3.8) is 0 Å². The standard InChI is InChI=1S/C18H19N3O8.C3H8O/c1-11(22)5-3-7-13(23)27-16-19-17-21-18(20-16)29-15(25)9-10-26-12(2)6-4-8-14(24)28-17;1-3(2)4/h3-4,7-12,22H,5-6H2,1-2H3;3-4H,1-2H3. The number of hydrogen-bond acceptors (Lipinski definition) is 12. The van der Waals surface area contributed by atoms with E-state index in [-0.39, 0.29) is 18.6 Å². The van der Waals surface area contributed by atoms with Crippen molar-refractivity contribution in [2.75, 3.05) is 0 Å². The molecule has 1 aromatic rings. The minimum Gasteiger partial charge on any atom is -0.498 e. The summed E-state index contributed by atoms with van der Waals surface area (Å²) in [7, 11) is 0. The molecule has 2 unspecified atom stereocenters. The smallest absolute Gasteiger partial charge is 0.341 e. The number of esters is 3. The summed E-state index contributed by atoms with van der Waals surface area (Å²) >= 11 is 0. The van der Waals surface area contributed by atoms with Crippen LogP contribution < -0.4 is 14.2 Å². The van der Waals surface area contributed by atoms with Crippen LogP contribution in [0.3, 0.4) is 0 Å². The van der Waals surface area contributed by atoms with Crippen LogP contribution in [-0.2, 0) is 19.1 Å². The fraction of sp³-hybridized carbons (Fsp3) is 0.429. The van der Waals surface area contributed by atoms with Crippen molar-refractivity contribution in [3.05, 3.63) is 36.6 Å². The van der Waals surface area contributed by atoms with Crippen LogP contribution in [0, 0.1) is 0 Å². The first-order valence-electron chi connectivity index (χ1n) is 9.97. The molecule has 33 heavy (non-hydrogen) atoms. The number of aliphatic hydroxyl groups excluding tert-OH is 2. The number of aromatic nitrogens is 3. The number of hydrogen-bond donors (Lipinski definition) is 2. The van der Waals surface area contributed by atoms with Gasteiger partial charge in [0.25, 0.3) is 0 Å². The van der Waals surface area contributed by atoms with Crippen LogP contribution in [0.15, 0.2) is 36.6 Å². The number of carbonyl (C=O) groups is 3. The summed E-state index contributed by atoms with van der Waals surface area (Å²) in [4.78, 5) is 46.5. The second kappa shape index (κ2) is 14.4. The van der Waals surface area contributed by atoms with Crippen molar-refractivity contribution in [1.82, 2.24) is 15.0 Å². The Morgan fingerprint density at radius 2 is 1.70 bits per heavy atom. The number of ether oxygens (including phenoxy) is 4. The van der Waals surface area contributed by atoms with Crippen molar-refractivity contribution < 1.29 is 43.5 Å². The molecule has 0 saturated heterocycles. The van der Waals surface area contributed by atoms with Crippen LogP contribution in [0.4, 0.5) is 0 Å². The van der Waals surface area contributed by atoms with E-state index in [9.17, 15) is 14.4 Å². The number of aliphatic hydroxyl groups is 2. The molecule has 12 nitrogen and oxygen atoms in total. The van der Waals surface area contributed by atoms with Gasteiger partial charge in [0, 0.05) is 24.7 Å². The Morgan fingerprint density at radius 1 is 1.12 bits per heavy atom. The van der Waals surface area contributed by atoms with Gasteiger partial charge in [-0.25, -0.2) is 14.4 Å². The molecular formula is C21H27N3O9. The maximum absolute atomic E-state index is 11.9. The number of rotatable bonds is 4. The molecule has 1 aromatic heterocycles. The molecule has 12 heteroatoms. The van der Waals surface area contributed by atoms with Gasteiger partial charge in [0.1, 0.15) is 0 Å². The van der Waals surface area contributed by atoms with Crippen LogP contribution >= 0.6 is 0 Å². The SMILES string of the molecule is CC(C)O.CC(O)CC=CC(=O)Oc1nc2nc(n1)OC(=O)C=COC(C)CC=CC(=O)O2. The van der Waals surface area contributed by atoms with E-state index in [0.29, 0.717) is 6.42 Å². The van der Waals surface area contributed by atoms with Gasteiger partial charge in [-0.1, -0.05) is 12.2 Å². The van der Waals surface area contributed by atoms with Gasteiger partial charge >= 0.3 is 35.9 Å². The maximum Gasteiger partial charge on any atom is 0.341 e. The molecule has 0 amide bonds. The van der Waals surface area contributed by atoms with E-state index >= 15 is 0 Å². The molecule has 1 aliphatic heterocycles. The fourth-order valence-electron chi connectivity index (χ4n) is 1.83. The van der Waals surface area contributed by atoms with Gasteiger partial charge in [0.2, 0.25) is 0 Å². The average molecular weight is 465 g/mol. The number of carbonyl (C=O) groups excluding carboxylic acids is 3. The van der Waals surface area contributed by atoms with Gasteiger partial charge in [-0.3, -0.25) is 0 Å². The monoisotopic (exact) mass is 465 g/mol. The molecule has 0 fully saturated rings.